The van der Waals surface area contributed by atoms with E-state index in [1.807, 2.05) is 0 Å². The fraction of sp³-hybridized carbons (Fsp3) is 0.480. The van der Waals surface area contributed by atoms with Crippen LogP contribution in [-0.4, -0.2) is 23.5 Å². The Morgan fingerprint density at radius 2 is 1.94 bits per heavy atom. The molecule has 4 N–H and O–H groups in total. The van der Waals surface area contributed by atoms with Gasteiger partial charge in [0.15, 0.2) is 5.11 Å². The number of hydrogen-bond donors (Lipinski definition) is 3. The van der Waals surface area contributed by atoms with Crippen LogP contribution in [0.5, 0.6) is 5.75 Å². The molecule has 2 aromatic rings. The molecule has 1 heterocycles. The van der Waals surface area contributed by atoms with E-state index in [4.69, 9.17) is 22.7 Å². The van der Waals surface area contributed by atoms with Crippen LogP contribution in [0.25, 0.3) is 0 Å². The third kappa shape index (κ3) is 6.32. The van der Waals surface area contributed by atoms with E-state index in [1.165, 1.54) is 16.2 Å². The molecule has 0 saturated carbocycles. The number of amides is 2. The minimum Gasteiger partial charge on any atom is -0.494 e. The second-order valence-electron chi connectivity index (χ2n) is 9.51. The fourth-order valence-electron chi connectivity index (χ4n) is 4.02. The van der Waals surface area contributed by atoms with Gasteiger partial charge < -0.3 is 15.8 Å². The number of primary amides is 1. The minimum atomic E-state index is -0.475. The van der Waals surface area contributed by atoms with E-state index >= 15 is 0 Å². The lowest BCUT2D eigenvalue weighted by Gasteiger charge is -2.33. The smallest absolute Gasteiger partial charge is 0.257 e. The van der Waals surface area contributed by atoms with Crippen molar-refractivity contribution in [1.82, 2.24) is 5.32 Å². The number of carbonyl (C=O) groups excluding carboxylic acids is 2. The van der Waals surface area contributed by atoms with Crippen molar-refractivity contribution in [1.29, 1.82) is 0 Å². The number of ether oxygens (including phenoxy) is 1. The number of thiocarbonyl (C=S) groups is 1. The van der Waals surface area contributed by atoms with Gasteiger partial charge in [-0.25, -0.2) is 0 Å². The van der Waals surface area contributed by atoms with Gasteiger partial charge in [0, 0.05) is 10.4 Å². The SMILES string of the molecule is CCCCOc1ccc(C(=O)NC(=S)Nc2sc3c(c2C(N)=O)CC[C@@H](C(C)(C)C)C3)cc1. The van der Waals surface area contributed by atoms with Gasteiger partial charge >= 0.3 is 0 Å². The number of carbonyl (C=O) groups is 2. The standard InChI is InChI=1S/C25H33N3O3S2/c1-5-6-13-31-17-10-7-15(8-11-17)22(30)27-24(32)28-23-20(21(26)29)18-12-9-16(25(2,3)4)14-19(18)33-23/h7-8,10-11,16H,5-6,9,12-14H2,1-4H3,(H2,26,29)(H2,27,28,30,32)/t16-/m1/s1. The monoisotopic (exact) mass is 487 g/mol. The Bertz CT molecular complexity index is 1020. The summed E-state index contributed by atoms with van der Waals surface area (Å²) in [6.45, 7) is 9.50. The molecule has 1 aromatic carbocycles. The van der Waals surface area contributed by atoms with Crippen LogP contribution in [0, 0.1) is 11.3 Å². The van der Waals surface area contributed by atoms with Crippen molar-refractivity contribution in [2.45, 2.75) is 59.8 Å². The highest BCUT2D eigenvalue weighted by atomic mass is 32.1. The molecule has 2 amide bonds. The Kier molecular flexibility index (Phi) is 8.13. The summed E-state index contributed by atoms with van der Waals surface area (Å²) in [4.78, 5) is 26.0. The number of benzene rings is 1. The zero-order valence-electron chi connectivity index (χ0n) is 19.7. The van der Waals surface area contributed by atoms with E-state index in [0.29, 0.717) is 28.7 Å². The quantitative estimate of drug-likeness (QED) is 0.364. The van der Waals surface area contributed by atoms with Crippen LogP contribution in [0.3, 0.4) is 0 Å². The molecule has 0 radical (unpaired) electrons. The number of thiophene rings is 1. The van der Waals surface area contributed by atoms with Gasteiger partial charge in [0.2, 0.25) is 0 Å². The van der Waals surface area contributed by atoms with Gasteiger partial charge in [0.25, 0.3) is 11.8 Å². The molecule has 1 aliphatic rings. The van der Waals surface area contributed by atoms with Gasteiger partial charge in [-0.2, -0.15) is 0 Å². The summed E-state index contributed by atoms with van der Waals surface area (Å²) in [5.74, 6) is 0.460. The minimum absolute atomic E-state index is 0.136. The molecule has 0 fully saturated rings. The van der Waals surface area contributed by atoms with Crippen molar-refractivity contribution in [3.05, 3.63) is 45.8 Å². The van der Waals surface area contributed by atoms with Crippen molar-refractivity contribution in [2.24, 2.45) is 17.1 Å². The summed E-state index contributed by atoms with van der Waals surface area (Å²) in [7, 11) is 0. The van der Waals surface area contributed by atoms with E-state index in [2.05, 4.69) is 38.3 Å². The maximum atomic E-state index is 12.6. The van der Waals surface area contributed by atoms with Gasteiger partial charge in [-0.05, 0) is 79.1 Å². The summed E-state index contributed by atoms with van der Waals surface area (Å²) in [5.41, 5.74) is 7.89. The Labute approximate surface area is 205 Å². The Morgan fingerprint density at radius 1 is 1.24 bits per heavy atom. The molecular weight excluding hydrogens is 454 g/mol. The number of nitrogens with two attached hydrogens (primary N) is 1. The van der Waals surface area contributed by atoms with Crippen molar-refractivity contribution < 1.29 is 14.3 Å². The number of unbranched alkanes of at least 4 members (excludes halogenated alkanes) is 1. The van der Waals surface area contributed by atoms with Crippen LogP contribution in [0.4, 0.5) is 5.00 Å². The third-order valence-electron chi connectivity index (χ3n) is 6.07. The summed E-state index contributed by atoms with van der Waals surface area (Å²) in [6, 6.07) is 6.94. The maximum Gasteiger partial charge on any atom is 0.257 e. The van der Waals surface area contributed by atoms with Crippen LogP contribution in [-0.2, 0) is 12.8 Å². The average Bonchev–Trinajstić information content (AvgIpc) is 3.10. The van der Waals surface area contributed by atoms with E-state index in [0.717, 1.165) is 43.4 Å². The molecule has 3 rings (SSSR count). The van der Waals surface area contributed by atoms with Crippen LogP contribution >= 0.6 is 23.6 Å². The molecule has 0 aliphatic heterocycles. The number of nitrogens with one attached hydrogen (secondary N) is 2. The number of rotatable bonds is 7. The zero-order chi connectivity index (χ0) is 24.2. The normalized spacial score (nSPS) is 15.5. The first-order valence-electron chi connectivity index (χ1n) is 11.4. The molecule has 0 spiro atoms. The first-order chi connectivity index (χ1) is 15.6. The predicted molar refractivity (Wildman–Crippen MR) is 138 cm³/mol. The van der Waals surface area contributed by atoms with Crippen LogP contribution < -0.4 is 21.1 Å². The van der Waals surface area contributed by atoms with Crippen molar-refractivity contribution >= 4 is 45.5 Å². The summed E-state index contributed by atoms with van der Waals surface area (Å²) in [5, 5.41) is 6.47. The molecular formula is C25H33N3O3S2. The summed E-state index contributed by atoms with van der Waals surface area (Å²) in [6.07, 6.45) is 4.80. The van der Waals surface area contributed by atoms with Gasteiger partial charge in [-0.3, -0.25) is 14.9 Å². The first-order valence-corrected chi connectivity index (χ1v) is 12.6. The lowest BCUT2D eigenvalue weighted by atomic mass is 9.72. The van der Waals surface area contributed by atoms with Crippen molar-refractivity contribution in [2.75, 3.05) is 11.9 Å². The molecule has 6 nitrogen and oxygen atoms in total. The highest BCUT2D eigenvalue weighted by Gasteiger charge is 2.33. The second-order valence-corrected chi connectivity index (χ2v) is 11.0. The largest absolute Gasteiger partial charge is 0.494 e. The molecule has 0 bridgehead atoms. The Morgan fingerprint density at radius 3 is 2.55 bits per heavy atom. The van der Waals surface area contributed by atoms with E-state index in [-0.39, 0.29) is 16.4 Å². The molecule has 178 valence electrons. The predicted octanol–water partition coefficient (Wildman–Crippen LogP) is 5.30. The molecule has 1 aromatic heterocycles. The summed E-state index contributed by atoms with van der Waals surface area (Å²) >= 11 is 6.87. The molecule has 1 aliphatic carbocycles. The Balaban J connectivity index is 1.67. The number of hydrogen-bond acceptors (Lipinski definition) is 5. The second kappa shape index (κ2) is 10.7. The zero-order valence-corrected chi connectivity index (χ0v) is 21.4. The highest BCUT2D eigenvalue weighted by Crippen LogP contribution is 2.44. The van der Waals surface area contributed by atoms with Gasteiger partial charge in [0.05, 0.1) is 12.2 Å². The molecule has 33 heavy (non-hydrogen) atoms. The van der Waals surface area contributed by atoms with Crippen molar-refractivity contribution in [3.63, 3.8) is 0 Å². The number of anilines is 1. The van der Waals surface area contributed by atoms with Crippen LogP contribution in [0.15, 0.2) is 24.3 Å². The van der Waals surface area contributed by atoms with E-state index in [1.54, 1.807) is 24.3 Å². The van der Waals surface area contributed by atoms with E-state index in [9.17, 15) is 9.59 Å². The highest BCUT2D eigenvalue weighted by molar-refractivity contribution is 7.80. The maximum absolute atomic E-state index is 12.6. The van der Waals surface area contributed by atoms with E-state index < -0.39 is 5.91 Å². The molecule has 0 saturated heterocycles. The lowest BCUT2D eigenvalue weighted by Crippen LogP contribution is -2.34. The first kappa shape index (κ1) is 25.2. The lowest BCUT2D eigenvalue weighted by molar-refractivity contribution is 0.0975. The molecule has 1 atom stereocenters. The third-order valence-corrected chi connectivity index (χ3v) is 7.45. The molecule has 8 heteroatoms. The van der Waals surface area contributed by atoms with Gasteiger partial charge in [0.1, 0.15) is 10.8 Å². The Hall–Kier alpha value is -2.45. The fourth-order valence-corrected chi connectivity index (χ4v) is 5.62. The van der Waals surface area contributed by atoms with Crippen molar-refractivity contribution in [3.8, 4) is 5.75 Å². The molecule has 0 unspecified atom stereocenters. The summed E-state index contributed by atoms with van der Waals surface area (Å²) < 4.78 is 5.63. The van der Waals surface area contributed by atoms with Crippen LogP contribution in [0.1, 0.15) is 78.1 Å². The van der Waals surface area contributed by atoms with Gasteiger partial charge in [-0.1, -0.05) is 34.1 Å². The van der Waals surface area contributed by atoms with Crippen LogP contribution in [0.2, 0.25) is 0 Å². The average molecular weight is 488 g/mol. The topological polar surface area (TPSA) is 93.4 Å². The van der Waals surface area contributed by atoms with Gasteiger partial charge in [-0.15, -0.1) is 11.3 Å². The number of fused-ring (bicyclic) bond motifs is 1.